The fourth-order valence-corrected chi connectivity index (χ4v) is 2.82. The highest BCUT2D eigenvalue weighted by Gasteiger charge is 2.19. The van der Waals surface area contributed by atoms with Crippen molar-refractivity contribution in [3.8, 4) is 0 Å². The number of piperazine rings is 1. The number of hydrogen-bond donors (Lipinski definition) is 1. The number of nitrogens with zero attached hydrogens (tertiary/aromatic N) is 4. The zero-order chi connectivity index (χ0) is 12.8. The number of anilines is 1. The molecule has 0 aliphatic carbocycles. The molecule has 5 nitrogen and oxygen atoms in total. The van der Waals surface area contributed by atoms with Gasteiger partial charge in [-0.15, -0.1) is 35.3 Å². The van der Waals surface area contributed by atoms with Crippen LogP contribution in [0.15, 0.2) is 16.6 Å². The maximum Gasteiger partial charge on any atom is 0.191 e. The molecule has 1 aromatic rings. The molecule has 1 aliphatic heterocycles. The van der Waals surface area contributed by atoms with Crippen LogP contribution in [0, 0.1) is 0 Å². The van der Waals surface area contributed by atoms with Crippen molar-refractivity contribution in [2.45, 2.75) is 0 Å². The fraction of sp³-hybridized carbons (Fsp3) is 0.636. The van der Waals surface area contributed by atoms with Crippen molar-refractivity contribution < 1.29 is 0 Å². The topological polar surface area (TPSA) is 57.8 Å². The highest BCUT2D eigenvalue weighted by Crippen LogP contribution is 2.18. The lowest BCUT2D eigenvalue weighted by atomic mass is 10.3. The van der Waals surface area contributed by atoms with E-state index in [4.69, 9.17) is 5.73 Å². The van der Waals surface area contributed by atoms with Crippen LogP contribution in [-0.4, -0.2) is 60.6 Å². The average Bonchev–Trinajstić information content (AvgIpc) is 2.93. The summed E-state index contributed by atoms with van der Waals surface area (Å²) in [6.45, 7) is 4.58. The van der Waals surface area contributed by atoms with Gasteiger partial charge in [0.25, 0.3) is 0 Å². The minimum Gasteiger partial charge on any atom is -0.370 e. The maximum atomic E-state index is 5.99. The van der Waals surface area contributed by atoms with Crippen molar-refractivity contribution in [1.82, 2.24) is 9.88 Å². The summed E-state index contributed by atoms with van der Waals surface area (Å²) in [5, 5.41) is 3.12. The van der Waals surface area contributed by atoms with E-state index in [1.54, 1.807) is 23.1 Å². The van der Waals surface area contributed by atoms with Crippen LogP contribution in [0.5, 0.6) is 0 Å². The van der Waals surface area contributed by atoms with E-state index in [2.05, 4.69) is 26.0 Å². The maximum absolute atomic E-state index is 5.99. The second-order valence-corrected chi connectivity index (χ2v) is 5.88. The summed E-state index contributed by atoms with van der Waals surface area (Å²) in [7, 11) is 0. The van der Waals surface area contributed by atoms with Gasteiger partial charge in [0.05, 0.1) is 6.54 Å². The Morgan fingerprint density at radius 2 is 2.21 bits per heavy atom. The van der Waals surface area contributed by atoms with Crippen molar-refractivity contribution in [2.75, 3.05) is 49.6 Å². The number of hydrogen-bond acceptors (Lipinski definition) is 5. The summed E-state index contributed by atoms with van der Waals surface area (Å²) in [5.41, 5.74) is 5.99. The van der Waals surface area contributed by atoms with E-state index in [9.17, 15) is 0 Å². The number of rotatable bonds is 4. The number of thiazole rings is 1. The van der Waals surface area contributed by atoms with Gasteiger partial charge in [0, 0.05) is 43.5 Å². The molecule has 0 spiro atoms. The quantitative estimate of drug-likeness (QED) is 0.352. The van der Waals surface area contributed by atoms with Gasteiger partial charge in [-0.05, 0) is 6.26 Å². The molecule has 8 heteroatoms. The summed E-state index contributed by atoms with van der Waals surface area (Å²) in [4.78, 5) is 13.2. The molecule has 0 radical (unpaired) electrons. The molecule has 1 aromatic heterocycles. The van der Waals surface area contributed by atoms with Crippen LogP contribution in [0.4, 0.5) is 5.13 Å². The molecule has 0 atom stereocenters. The number of guanidine groups is 1. The highest BCUT2D eigenvalue weighted by atomic mass is 127. The lowest BCUT2D eigenvalue weighted by Gasteiger charge is -2.35. The lowest BCUT2D eigenvalue weighted by Crippen LogP contribution is -2.51. The molecule has 2 heterocycles. The van der Waals surface area contributed by atoms with E-state index < -0.39 is 0 Å². The zero-order valence-corrected chi connectivity index (χ0v) is 15.0. The number of aliphatic imine (C=N–C) groups is 1. The van der Waals surface area contributed by atoms with Gasteiger partial charge in [0.1, 0.15) is 0 Å². The molecule has 19 heavy (non-hydrogen) atoms. The van der Waals surface area contributed by atoms with E-state index >= 15 is 0 Å². The van der Waals surface area contributed by atoms with E-state index in [1.807, 2.05) is 11.6 Å². The lowest BCUT2D eigenvalue weighted by molar-refractivity contribution is 0.381. The standard InChI is InChI=1S/C11H19N5S2.HI/c1-17-8-2-13-10(12)15-4-6-16(7-5-15)11-14-3-9-18-11;/h3,9H,2,4-8H2,1H3,(H2,12,13);1H. The smallest absolute Gasteiger partial charge is 0.191 e. The van der Waals surface area contributed by atoms with E-state index in [-0.39, 0.29) is 24.0 Å². The van der Waals surface area contributed by atoms with Crippen LogP contribution < -0.4 is 10.6 Å². The van der Waals surface area contributed by atoms with Gasteiger partial charge in [0.2, 0.25) is 0 Å². The Morgan fingerprint density at radius 3 is 2.79 bits per heavy atom. The Balaban J connectivity index is 0.00000180. The Labute approximate surface area is 139 Å². The predicted molar refractivity (Wildman–Crippen MR) is 96.2 cm³/mol. The number of nitrogens with two attached hydrogens (primary N) is 1. The van der Waals surface area contributed by atoms with Gasteiger partial charge in [-0.1, -0.05) is 0 Å². The molecule has 0 bridgehead atoms. The summed E-state index contributed by atoms with van der Waals surface area (Å²) >= 11 is 3.48. The first-order valence-corrected chi connectivity index (χ1v) is 8.27. The van der Waals surface area contributed by atoms with Crippen molar-refractivity contribution in [3.05, 3.63) is 11.6 Å². The SMILES string of the molecule is CSCCN=C(N)N1CCN(c2nccs2)CC1.I. The van der Waals surface area contributed by atoms with E-state index in [0.29, 0.717) is 5.96 Å². The number of halogens is 1. The van der Waals surface area contributed by atoms with Crippen molar-refractivity contribution in [2.24, 2.45) is 10.7 Å². The van der Waals surface area contributed by atoms with E-state index in [0.717, 1.165) is 43.6 Å². The zero-order valence-electron chi connectivity index (χ0n) is 11.0. The van der Waals surface area contributed by atoms with Crippen LogP contribution in [0.1, 0.15) is 0 Å². The first kappa shape index (κ1) is 16.8. The van der Waals surface area contributed by atoms with Gasteiger partial charge in [-0.25, -0.2) is 4.98 Å². The van der Waals surface area contributed by atoms with Gasteiger partial charge in [-0.3, -0.25) is 4.99 Å². The normalized spacial score (nSPS) is 16.4. The number of thioether (sulfide) groups is 1. The third kappa shape index (κ3) is 4.99. The fourth-order valence-electron chi connectivity index (χ4n) is 1.85. The van der Waals surface area contributed by atoms with Gasteiger partial charge >= 0.3 is 0 Å². The van der Waals surface area contributed by atoms with Gasteiger partial charge in [-0.2, -0.15) is 11.8 Å². The second-order valence-electron chi connectivity index (χ2n) is 4.02. The van der Waals surface area contributed by atoms with Gasteiger partial charge < -0.3 is 15.5 Å². The molecule has 0 aromatic carbocycles. The van der Waals surface area contributed by atoms with Crippen LogP contribution in [0.3, 0.4) is 0 Å². The summed E-state index contributed by atoms with van der Waals surface area (Å²) in [6.07, 6.45) is 3.93. The molecule has 108 valence electrons. The summed E-state index contributed by atoms with van der Waals surface area (Å²) in [5.74, 6) is 1.71. The molecule has 1 aliphatic rings. The van der Waals surface area contributed by atoms with E-state index in [1.165, 1.54) is 0 Å². The highest BCUT2D eigenvalue weighted by molar-refractivity contribution is 14.0. The first-order chi connectivity index (χ1) is 8.81. The first-order valence-electron chi connectivity index (χ1n) is 5.99. The molecule has 2 N–H and O–H groups in total. The van der Waals surface area contributed by atoms with Crippen LogP contribution >= 0.6 is 47.1 Å². The monoisotopic (exact) mass is 413 g/mol. The Kier molecular flexibility index (Phi) is 7.84. The second kappa shape index (κ2) is 8.85. The van der Waals surface area contributed by atoms with Crippen LogP contribution in [-0.2, 0) is 0 Å². The van der Waals surface area contributed by atoms with Crippen molar-refractivity contribution in [1.29, 1.82) is 0 Å². The van der Waals surface area contributed by atoms with Crippen molar-refractivity contribution >= 4 is 58.2 Å². The third-order valence-electron chi connectivity index (χ3n) is 2.86. The predicted octanol–water partition coefficient (Wildman–Crippen LogP) is 1.56. The molecule has 1 fully saturated rings. The molecular formula is C11H20IN5S2. The molecular weight excluding hydrogens is 393 g/mol. The average molecular weight is 413 g/mol. The van der Waals surface area contributed by atoms with Crippen molar-refractivity contribution in [3.63, 3.8) is 0 Å². The largest absolute Gasteiger partial charge is 0.370 e. The van der Waals surface area contributed by atoms with Crippen LogP contribution in [0.25, 0.3) is 0 Å². The minimum absolute atomic E-state index is 0. The molecule has 1 saturated heterocycles. The molecule has 0 amide bonds. The Morgan fingerprint density at radius 1 is 1.47 bits per heavy atom. The number of aromatic nitrogens is 1. The molecule has 0 unspecified atom stereocenters. The molecule has 0 saturated carbocycles. The van der Waals surface area contributed by atoms with Crippen LogP contribution in [0.2, 0.25) is 0 Å². The minimum atomic E-state index is 0. The Bertz CT molecular complexity index is 376. The third-order valence-corrected chi connectivity index (χ3v) is 4.29. The Hall–Kier alpha value is -0.220. The summed E-state index contributed by atoms with van der Waals surface area (Å²) in [6, 6.07) is 0. The summed E-state index contributed by atoms with van der Waals surface area (Å²) < 4.78 is 0. The van der Waals surface area contributed by atoms with Gasteiger partial charge in [0.15, 0.2) is 11.1 Å². The molecule has 2 rings (SSSR count).